The number of benzene rings is 18. The standard InChI is InChI=1S/C36H22.C35H21NO2.C35H21N/c1-2-10-24-22(9-1)21-23-17-20-33-35-29(19-18-28(24)34(23)35)27-13-5-8-16-32(27)36(33)30-14-6-3-11-25(30)26-12-4-7-15-31(26)36;37-36(38)33-19-8-4-13-26(33)22-20-21-28-25-12-3-7-17-31(25)35(32-18-9-14-27(22)34(28)32)29-15-5-1-10-23(29)24-11-2-6-16-30(24)35;1-5-15-27-21(10-1)22-11-2-6-16-28(22)35(27)29-17-7-3-12-23(29)26-20-32-34(24-13-4-8-19-31(24)36-32)25-14-9-18-30(35)33(25)26/h1-20H,21H2;1-21H;1-20,36H. The van der Waals surface area contributed by atoms with E-state index in [0.717, 1.165) is 22.8 Å². The van der Waals surface area contributed by atoms with Crippen molar-refractivity contribution in [2.45, 2.75) is 22.7 Å². The molecule has 26 rings (SSSR count). The van der Waals surface area contributed by atoms with Gasteiger partial charge in [-0.25, -0.2) is 0 Å². The molecule has 19 aromatic rings. The molecule has 0 radical (unpaired) electrons. The third-order valence-electron chi connectivity index (χ3n) is 25.9. The van der Waals surface area contributed by atoms with E-state index in [2.05, 4.69) is 351 Å². The van der Waals surface area contributed by atoms with Crippen molar-refractivity contribution in [2.75, 3.05) is 0 Å². The molecule has 4 nitrogen and oxygen atoms in total. The first kappa shape index (κ1) is 61.1. The largest absolute Gasteiger partial charge is 0.354 e. The number of fused-ring (bicyclic) bond motifs is 33. The number of hydrogen-bond donors (Lipinski definition) is 1. The fourth-order valence-corrected chi connectivity index (χ4v) is 22.0. The van der Waals surface area contributed by atoms with Gasteiger partial charge in [-0.1, -0.05) is 346 Å². The number of rotatable bonds is 2. The quantitative estimate of drug-likeness (QED) is 0.138. The molecule has 510 valence electrons. The van der Waals surface area contributed by atoms with Crippen LogP contribution < -0.4 is 0 Å². The molecule has 18 aromatic carbocycles. The number of hydrogen-bond acceptors (Lipinski definition) is 2. The summed E-state index contributed by atoms with van der Waals surface area (Å²) in [4.78, 5) is 15.4. The van der Waals surface area contributed by atoms with E-state index >= 15 is 0 Å². The lowest BCUT2D eigenvalue weighted by molar-refractivity contribution is -0.384. The van der Waals surface area contributed by atoms with E-state index in [1.54, 1.807) is 12.1 Å². The first-order valence-electron chi connectivity index (χ1n) is 38.3. The van der Waals surface area contributed by atoms with Crippen molar-refractivity contribution >= 4 is 59.8 Å². The number of nitrogens with zero attached hydrogens (tertiary/aromatic N) is 1. The summed E-state index contributed by atoms with van der Waals surface area (Å²) >= 11 is 0. The van der Waals surface area contributed by atoms with Crippen LogP contribution in [0.15, 0.2) is 370 Å². The summed E-state index contributed by atoms with van der Waals surface area (Å²) in [5, 5.41) is 22.4. The molecule has 0 bridgehead atoms. The van der Waals surface area contributed by atoms with Gasteiger partial charge in [0.25, 0.3) is 5.69 Å². The van der Waals surface area contributed by atoms with E-state index in [0.29, 0.717) is 5.56 Å². The van der Waals surface area contributed by atoms with E-state index in [1.807, 2.05) is 12.1 Å². The molecule has 1 N–H and O–H groups in total. The average Bonchev–Trinajstić information content (AvgIpc) is 1.49. The van der Waals surface area contributed by atoms with Crippen LogP contribution in [0.3, 0.4) is 0 Å². The SMILES string of the molecule is O=[N+]([O-])c1ccccc1-c1ccc2c3c(cccc13)C1(c3ccccc3-c3ccccc31)c1ccccc1-2.c1ccc2c(c1)-c1ccccc1C21c2ccccc2-c2cc3[nH]c4ccccc4c3c3cccc1c23.c1ccc2c(c1)Cc1ccc3c4c(ccc-2c14)-c1ccccc1C31c2ccccc2-c2ccccc21. The van der Waals surface area contributed by atoms with Crippen molar-refractivity contribution in [1.29, 1.82) is 0 Å². The molecule has 3 spiro atoms. The molecule has 0 unspecified atom stereocenters. The molecule has 0 atom stereocenters. The summed E-state index contributed by atoms with van der Waals surface area (Å²) in [6.07, 6.45) is 0.991. The molecular weight excluding hydrogens is 1330 g/mol. The number of aromatic amines is 1. The van der Waals surface area contributed by atoms with E-state index < -0.39 is 5.41 Å². The van der Waals surface area contributed by atoms with Crippen LogP contribution in [-0.2, 0) is 22.7 Å². The van der Waals surface area contributed by atoms with Gasteiger partial charge >= 0.3 is 0 Å². The van der Waals surface area contributed by atoms with Crippen molar-refractivity contribution in [2.24, 2.45) is 0 Å². The van der Waals surface area contributed by atoms with Crippen LogP contribution in [0.5, 0.6) is 0 Å². The average molecular weight is 1400 g/mol. The summed E-state index contributed by atoms with van der Waals surface area (Å²) in [6.45, 7) is 0. The predicted octanol–water partition coefficient (Wildman–Crippen LogP) is 26.3. The van der Waals surface area contributed by atoms with E-state index in [-0.39, 0.29) is 21.4 Å². The van der Waals surface area contributed by atoms with Crippen molar-refractivity contribution in [3.63, 3.8) is 0 Å². The minimum atomic E-state index is -0.475. The maximum absolute atomic E-state index is 12.0. The van der Waals surface area contributed by atoms with Gasteiger partial charge in [-0.05, 0) is 218 Å². The molecule has 1 aromatic heterocycles. The van der Waals surface area contributed by atoms with Gasteiger partial charge in [0.1, 0.15) is 0 Å². The maximum Gasteiger partial charge on any atom is 0.277 e. The van der Waals surface area contributed by atoms with Gasteiger partial charge in [-0.2, -0.15) is 0 Å². The van der Waals surface area contributed by atoms with E-state index in [4.69, 9.17) is 0 Å². The van der Waals surface area contributed by atoms with Crippen LogP contribution in [0.4, 0.5) is 5.69 Å². The second kappa shape index (κ2) is 22.5. The number of H-pyrrole nitrogens is 1. The molecule has 4 heteroatoms. The Morgan fingerprint density at radius 2 is 0.545 bits per heavy atom. The fourth-order valence-electron chi connectivity index (χ4n) is 22.0. The zero-order chi connectivity index (χ0) is 72.3. The van der Waals surface area contributed by atoms with Crippen molar-refractivity contribution in [1.82, 2.24) is 4.98 Å². The van der Waals surface area contributed by atoms with Gasteiger partial charge in [-0.15, -0.1) is 0 Å². The molecule has 7 aliphatic carbocycles. The lowest BCUT2D eigenvalue weighted by Crippen LogP contribution is -2.32. The van der Waals surface area contributed by atoms with Crippen LogP contribution in [0.2, 0.25) is 0 Å². The molecule has 0 amide bonds. The zero-order valence-electron chi connectivity index (χ0n) is 59.7. The summed E-state index contributed by atoms with van der Waals surface area (Å²) < 4.78 is 0. The Balaban J connectivity index is 0.0000000965. The Hall–Kier alpha value is -14.1. The van der Waals surface area contributed by atoms with Crippen LogP contribution in [-0.4, -0.2) is 9.91 Å². The first-order chi connectivity index (χ1) is 54.4. The highest BCUT2D eigenvalue weighted by Gasteiger charge is 2.54. The van der Waals surface area contributed by atoms with Gasteiger partial charge in [-0.3, -0.25) is 10.1 Å². The third kappa shape index (κ3) is 7.69. The van der Waals surface area contributed by atoms with Crippen LogP contribution in [0, 0.1) is 10.1 Å². The second-order valence-corrected chi connectivity index (χ2v) is 30.6. The van der Waals surface area contributed by atoms with E-state index in [9.17, 15) is 10.1 Å². The molecule has 0 fully saturated rings. The minimum Gasteiger partial charge on any atom is -0.354 e. The Labute approximate surface area is 635 Å². The maximum atomic E-state index is 12.0. The summed E-state index contributed by atoms with van der Waals surface area (Å²) in [6, 6.07) is 135. The normalized spacial score (nSPS) is 14.3. The molecule has 0 saturated heterocycles. The molecule has 0 aliphatic heterocycles. The van der Waals surface area contributed by atoms with Gasteiger partial charge in [0.05, 0.1) is 26.7 Å². The van der Waals surface area contributed by atoms with Crippen molar-refractivity contribution < 1.29 is 4.92 Å². The summed E-state index contributed by atoms with van der Waals surface area (Å²) in [7, 11) is 0. The summed E-state index contributed by atoms with van der Waals surface area (Å²) in [5.74, 6) is 0. The highest BCUT2D eigenvalue weighted by atomic mass is 16.6. The molecule has 7 aliphatic rings. The molecule has 0 saturated carbocycles. The zero-order valence-corrected chi connectivity index (χ0v) is 59.7. The Kier molecular flexibility index (Phi) is 12.5. The predicted molar refractivity (Wildman–Crippen MR) is 450 cm³/mol. The molecule has 1 heterocycles. The molecular formula is C106H64N2O2. The fraction of sp³-hybridized carbons (Fsp3) is 0.0377. The first-order valence-corrected chi connectivity index (χ1v) is 38.3. The third-order valence-corrected chi connectivity index (χ3v) is 25.9. The topological polar surface area (TPSA) is 58.9 Å². The highest BCUT2D eigenvalue weighted by molar-refractivity contribution is 6.26. The Morgan fingerprint density at radius 3 is 1.02 bits per heavy atom. The van der Waals surface area contributed by atoms with Crippen LogP contribution in [0.1, 0.15) is 77.9 Å². The Bertz CT molecular complexity index is 7190. The van der Waals surface area contributed by atoms with Crippen LogP contribution >= 0.6 is 0 Å². The lowest BCUT2D eigenvalue weighted by Gasteiger charge is -2.41. The number of nitro benzene ring substituents is 1. The highest BCUT2D eigenvalue weighted by Crippen LogP contribution is 2.67. The smallest absolute Gasteiger partial charge is 0.277 e. The van der Waals surface area contributed by atoms with Crippen LogP contribution in [0.25, 0.3) is 143 Å². The number of aromatic nitrogens is 1. The van der Waals surface area contributed by atoms with Gasteiger partial charge in [0.2, 0.25) is 0 Å². The lowest BCUT2D eigenvalue weighted by atomic mass is 9.60. The monoisotopic (exact) mass is 1400 g/mol. The Morgan fingerprint density at radius 1 is 0.218 bits per heavy atom. The van der Waals surface area contributed by atoms with E-state index in [1.165, 1.54) is 199 Å². The second-order valence-electron chi connectivity index (χ2n) is 30.6. The number of nitrogens with one attached hydrogen (secondary N) is 1. The van der Waals surface area contributed by atoms with Crippen molar-refractivity contribution in [3.05, 3.63) is 458 Å². The number of nitro groups is 1. The minimum absolute atomic E-state index is 0.121. The number of para-hydroxylation sites is 2. The van der Waals surface area contributed by atoms with Gasteiger partial charge in [0, 0.05) is 27.9 Å². The molecule has 110 heavy (non-hydrogen) atoms. The summed E-state index contributed by atoms with van der Waals surface area (Å²) in [5.41, 5.74) is 40.4. The van der Waals surface area contributed by atoms with Gasteiger partial charge in [0.15, 0.2) is 0 Å². The van der Waals surface area contributed by atoms with Crippen molar-refractivity contribution in [3.8, 4) is 89.0 Å². The van der Waals surface area contributed by atoms with Gasteiger partial charge < -0.3 is 4.98 Å².